The van der Waals surface area contributed by atoms with Gasteiger partial charge in [-0.15, -0.1) is 0 Å². The standard InChI is InChI=1S/C4H6N2O3S.C3H7NO/c7-10(8,9)6-4-2-1-3-5-6;1-4(2)3-5/h1-5H,(H,7,8,9);3H,1-2H3. The first-order valence-corrected chi connectivity index (χ1v) is 5.25. The summed E-state index contributed by atoms with van der Waals surface area (Å²) in [6.07, 6.45) is 6.40. The lowest BCUT2D eigenvalue weighted by atomic mass is 10.5. The van der Waals surface area contributed by atoms with Gasteiger partial charge < -0.3 is 4.90 Å². The Balaban J connectivity index is 0.000000336. The van der Waals surface area contributed by atoms with Crippen molar-refractivity contribution < 1.29 is 17.8 Å². The van der Waals surface area contributed by atoms with Gasteiger partial charge in [-0.3, -0.25) is 14.8 Å². The summed E-state index contributed by atoms with van der Waals surface area (Å²) in [5.41, 5.74) is 2.29. The van der Waals surface area contributed by atoms with E-state index in [2.05, 4.69) is 5.43 Å². The topological polar surface area (TPSA) is 90.0 Å². The summed E-state index contributed by atoms with van der Waals surface area (Å²) in [7, 11) is -0.767. The molecule has 1 rings (SSSR count). The molecule has 0 bridgehead atoms. The maximum absolute atomic E-state index is 10.3. The van der Waals surface area contributed by atoms with Crippen molar-refractivity contribution >= 4 is 16.7 Å². The summed E-state index contributed by atoms with van der Waals surface area (Å²) in [5.74, 6) is 0. The molecule has 0 aromatic rings. The Labute approximate surface area is 88.5 Å². The number of carbonyl (C=O) groups excluding carboxylic acids is 1. The lowest BCUT2D eigenvalue weighted by Gasteiger charge is -2.16. The van der Waals surface area contributed by atoms with Gasteiger partial charge in [0.2, 0.25) is 6.41 Å². The normalized spacial score (nSPS) is 13.7. The van der Waals surface area contributed by atoms with Crippen LogP contribution in [0.25, 0.3) is 0 Å². The smallest absolute Gasteiger partial charge is 0.351 e. The molecule has 1 heterocycles. The Morgan fingerprint density at radius 2 is 1.93 bits per heavy atom. The van der Waals surface area contributed by atoms with Crippen molar-refractivity contribution in [2.75, 3.05) is 14.1 Å². The van der Waals surface area contributed by atoms with Gasteiger partial charge in [-0.05, 0) is 12.2 Å². The molecular formula is C7H13N3O4S. The van der Waals surface area contributed by atoms with Crippen LogP contribution in [0.15, 0.2) is 24.6 Å². The quantitative estimate of drug-likeness (QED) is 0.490. The molecule has 0 saturated heterocycles. The molecule has 0 aromatic carbocycles. The van der Waals surface area contributed by atoms with Gasteiger partial charge >= 0.3 is 10.3 Å². The van der Waals surface area contributed by atoms with E-state index in [1.54, 1.807) is 20.2 Å². The fourth-order valence-electron chi connectivity index (χ4n) is 0.486. The highest BCUT2D eigenvalue weighted by Crippen LogP contribution is 1.97. The number of carbonyl (C=O) groups is 1. The number of hydrogen-bond acceptors (Lipinski definition) is 4. The highest BCUT2D eigenvalue weighted by molar-refractivity contribution is 7.83. The highest BCUT2D eigenvalue weighted by Gasteiger charge is 2.12. The number of nitrogens with zero attached hydrogens (tertiary/aromatic N) is 2. The first-order chi connectivity index (χ1) is 6.88. The number of hydrogen-bond donors (Lipinski definition) is 2. The molecule has 0 saturated carbocycles. The van der Waals surface area contributed by atoms with Gasteiger partial charge in [0.15, 0.2) is 0 Å². The molecule has 0 spiro atoms. The number of amides is 1. The Kier molecular flexibility index (Phi) is 5.42. The largest absolute Gasteiger partial charge is 0.377 e. The first kappa shape index (κ1) is 13.5. The zero-order valence-electron chi connectivity index (χ0n) is 8.36. The number of allylic oxidation sites excluding steroid dienone is 2. The van der Waals surface area contributed by atoms with Crippen LogP contribution in [0.3, 0.4) is 0 Å². The molecule has 0 fully saturated rings. The van der Waals surface area contributed by atoms with Crippen LogP contribution in [0, 0.1) is 0 Å². The summed E-state index contributed by atoms with van der Waals surface area (Å²) >= 11 is 0. The average Bonchev–Trinajstić information content (AvgIpc) is 2.19. The Bertz CT molecular complexity index is 347. The second-order valence-corrected chi connectivity index (χ2v) is 3.96. The minimum absolute atomic E-state index is 0.590. The maximum Gasteiger partial charge on any atom is 0.377 e. The van der Waals surface area contributed by atoms with Crippen LogP contribution in [0.5, 0.6) is 0 Å². The SMILES string of the molecule is CN(C)C=O.O=S(=O)(O)N1C=CC=CN1. The zero-order chi connectivity index (χ0) is 11.9. The molecule has 1 aliphatic heterocycles. The van der Waals surface area contributed by atoms with E-state index >= 15 is 0 Å². The molecule has 1 amide bonds. The van der Waals surface area contributed by atoms with Crippen molar-refractivity contribution in [1.29, 1.82) is 0 Å². The fraction of sp³-hybridized carbons (Fsp3) is 0.286. The zero-order valence-corrected chi connectivity index (χ0v) is 9.18. The maximum atomic E-state index is 10.3. The molecule has 7 nitrogen and oxygen atoms in total. The molecule has 0 atom stereocenters. The van der Waals surface area contributed by atoms with Gasteiger partial charge in [-0.1, -0.05) is 0 Å². The van der Waals surface area contributed by atoms with Crippen molar-refractivity contribution in [3.05, 3.63) is 24.6 Å². The van der Waals surface area contributed by atoms with Crippen molar-refractivity contribution in [2.45, 2.75) is 0 Å². The van der Waals surface area contributed by atoms with E-state index in [4.69, 9.17) is 4.55 Å². The monoisotopic (exact) mass is 235 g/mol. The molecule has 0 aromatic heterocycles. The van der Waals surface area contributed by atoms with Gasteiger partial charge in [0.05, 0.1) is 0 Å². The average molecular weight is 235 g/mol. The van der Waals surface area contributed by atoms with Crippen LogP contribution in [0.2, 0.25) is 0 Å². The second kappa shape index (κ2) is 6.04. The van der Waals surface area contributed by atoms with Crippen LogP contribution in [0.1, 0.15) is 0 Å². The third-order valence-electron chi connectivity index (χ3n) is 1.09. The molecule has 86 valence electrons. The van der Waals surface area contributed by atoms with E-state index in [-0.39, 0.29) is 0 Å². The fourth-order valence-corrected chi connectivity index (χ4v) is 0.905. The van der Waals surface area contributed by atoms with E-state index in [1.807, 2.05) is 0 Å². The van der Waals surface area contributed by atoms with Crippen molar-refractivity contribution in [3.63, 3.8) is 0 Å². The third kappa shape index (κ3) is 6.52. The predicted molar refractivity (Wildman–Crippen MR) is 54.6 cm³/mol. The molecule has 2 N–H and O–H groups in total. The van der Waals surface area contributed by atoms with Crippen molar-refractivity contribution in [1.82, 2.24) is 14.7 Å². The van der Waals surface area contributed by atoms with Crippen LogP contribution >= 0.6 is 0 Å². The summed E-state index contributed by atoms with van der Waals surface area (Å²) in [4.78, 5) is 10.9. The predicted octanol–water partition coefficient (Wildman–Crippen LogP) is -0.659. The van der Waals surface area contributed by atoms with Crippen molar-refractivity contribution in [2.24, 2.45) is 0 Å². The van der Waals surface area contributed by atoms with Crippen molar-refractivity contribution in [3.8, 4) is 0 Å². The molecule has 15 heavy (non-hydrogen) atoms. The molecule has 0 unspecified atom stereocenters. The third-order valence-corrected chi connectivity index (χ3v) is 1.81. The first-order valence-electron chi connectivity index (χ1n) is 3.86. The van der Waals surface area contributed by atoms with Crippen LogP contribution in [0.4, 0.5) is 0 Å². The van der Waals surface area contributed by atoms with E-state index in [0.29, 0.717) is 4.41 Å². The summed E-state index contributed by atoms with van der Waals surface area (Å²) in [6.45, 7) is 0. The van der Waals surface area contributed by atoms with E-state index in [9.17, 15) is 13.2 Å². The summed E-state index contributed by atoms with van der Waals surface area (Å²) < 4.78 is 29.6. The Morgan fingerprint density at radius 1 is 1.40 bits per heavy atom. The van der Waals surface area contributed by atoms with Gasteiger partial charge in [0.1, 0.15) is 0 Å². The van der Waals surface area contributed by atoms with E-state index in [0.717, 1.165) is 6.41 Å². The highest BCUT2D eigenvalue weighted by atomic mass is 32.2. The Morgan fingerprint density at radius 3 is 2.13 bits per heavy atom. The van der Waals surface area contributed by atoms with Crippen LogP contribution in [-0.4, -0.2) is 42.8 Å². The van der Waals surface area contributed by atoms with Gasteiger partial charge in [0, 0.05) is 26.5 Å². The summed E-state index contributed by atoms with van der Waals surface area (Å²) in [5, 5.41) is 0. The molecule has 0 radical (unpaired) electrons. The minimum Gasteiger partial charge on any atom is -0.351 e. The van der Waals surface area contributed by atoms with E-state index < -0.39 is 10.3 Å². The van der Waals surface area contributed by atoms with E-state index in [1.165, 1.54) is 23.4 Å². The van der Waals surface area contributed by atoms with Crippen LogP contribution < -0.4 is 5.43 Å². The summed E-state index contributed by atoms with van der Waals surface area (Å²) in [6, 6.07) is 0. The Hall–Kier alpha value is -1.54. The second-order valence-electron chi connectivity index (χ2n) is 2.67. The molecule has 0 aliphatic carbocycles. The molecular weight excluding hydrogens is 222 g/mol. The minimum atomic E-state index is -4.14. The lowest BCUT2D eigenvalue weighted by molar-refractivity contribution is -0.115. The van der Waals surface area contributed by atoms with Gasteiger partial charge in [0.25, 0.3) is 0 Å². The van der Waals surface area contributed by atoms with Gasteiger partial charge in [-0.25, -0.2) is 0 Å². The lowest BCUT2D eigenvalue weighted by Crippen LogP contribution is -2.35. The number of rotatable bonds is 2. The van der Waals surface area contributed by atoms with Gasteiger partial charge in [-0.2, -0.15) is 12.8 Å². The molecule has 1 aliphatic rings. The number of hydrazine groups is 1. The number of nitrogens with one attached hydrogen (secondary N) is 1. The molecule has 8 heteroatoms. The van der Waals surface area contributed by atoms with Crippen LogP contribution in [-0.2, 0) is 15.1 Å².